The Kier molecular flexibility index (Phi) is 2.43. The summed E-state index contributed by atoms with van der Waals surface area (Å²) in [5.74, 6) is 1.48. The van der Waals surface area contributed by atoms with Crippen molar-refractivity contribution in [1.82, 2.24) is 5.32 Å². The van der Waals surface area contributed by atoms with Gasteiger partial charge < -0.3 is 10.1 Å². The van der Waals surface area contributed by atoms with Gasteiger partial charge in [0.05, 0.1) is 12.5 Å². The molecule has 0 aromatic heterocycles. The molecule has 0 radical (unpaired) electrons. The Morgan fingerprint density at radius 2 is 2.13 bits per heavy atom. The number of nitrogens with one attached hydrogen (secondary N) is 1. The number of ether oxygens (including phenoxy) is 1. The van der Waals surface area contributed by atoms with Crippen molar-refractivity contribution in [3.63, 3.8) is 0 Å². The minimum Gasteiger partial charge on any atom is -0.465 e. The van der Waals surface area contributed by atoms with Crippen molar-refractivity contribution in [2.75, 3.05) is 13.2 Å². The Balaban J connectivity index is 1.45. The molecular weight excluding hydrogens is 190 g/mol. The first-order chi connectivity index (χ1) is 7.34. The first-order valence-corrected chi connectivity index (χ1v) is 6.24. The highest BCUT2D eigenvalue weighted by Crippen LogP contribution is 2.40. The Hall–Kier alpha value is -0.570. The second-order valence-corrected chi connectivity index (χ2v) is 5.32. The smallest absolute Gasteiger partial charge is 0.310 e. The van der Waals surface area contributed by atoms with Gasteiger partial charge in [-0.1, -0.05) is 12.8 Å². The van der Waals surface area contributed by atoms with Gasteiger partial charge in [0.25, 0.3) is 0 Å². The van der Waals surface area contributed by atoms with Crippen LogP contribution in [0.1, 0.15) is 32.1 Å². The van der Waals surface area contributed by atoms with E-state index in [4.69, 9.17) is 4.74 Å². The molecule has 2 saturated heterocycles. The molecule has 2 aliphatic heterocycles. The van der Waals surface area contributed by atoms with Gasteiger partial charge in [0, 0.05) is 6.04 Å². The van der Waals surface area contributed by atoms with E-state index in [9.17, 15) is 4.79 Å². The quantitative estimate of drug-likeness (QED) is 0.713. The third-order valence-electron chi connectivity index (χ3n) is 4.35. The average Bonchev–Trinajstić information content (AvgIpc) is 2.91. The van der Waals surface area contributed by atoms with E-state index in [0.717, 1.165) is 6.54 Å². The molecule has 3 unspecified atom stereocenters. The first-order valence-electron chi connectivity index (χ1n) is 6.24. The maximum Gasteiger partial charge on any atom is 0.310 e. The summed E-state index contributed by atoms with van der Waals surface area (Å²) < 4.78 is 5.43. The highest BCUT2D eigenvalue weighted by Gasteiger charge is 2.51. The molecule has 2 heterocycles. The molecule has 2 saturated carbocycles. The molecule has 0 spiro atoms. The molecule has 84 valence electrons. The first kappa shape index (κ1) is 9.64. The van der Waals surface area contributed by atoms with Gasteiger partial charge in [-0.05, 0) is 37.6 Å². The van der Waals surface area contributed by atoms with Crippen LogP contribution in [0, 0.1) is 17.8 Å². The lowest BCUT2D eigenvalue weighted by Crippen LogP contribution is -2.43. The summed E-state index contributed by atoms with van der Waals surface area (Å²) in [6.07, 6.45) is 6.33. The zero-order valence-electron chi connectivity index (χ0n) is 9.08. The molecule has 15 heavy (non-hydrogen) atoms. The van der Waals surface area contributed by atoms with Gasteiger partial charge >= 0.3 is 5.97 Å². The molecule has 2 aliphatic carbocycles. The van der Waals surface area contributed by atoms with Crippen molar-refractivity contribution in [3.05, 3.63) is 0 Å². The summed E-state index contributed by atoms with van der Waals surface area (Å²) >= 11 is 0. The number of hydrogen-bond acceptors (Lipinski definition) is 3. The zero-order chi connectivity index (χ0) is 10.3. The monoisotopic (exact) mass is 209 g/mol. The molecule has 3 nitrogen and oxygen atoms in total. The van der Waals surface area contributed by atoms with Gasteiger partial charge in [-0.25, -0.2) is 0 Å². The number of rotatable bonds is 3. The van der Waals surface area contributed by atoms with Crippen molar-refractivity contribution < 1.29 is 9.53 Å². The second-order valence-electron chi connectivity index (χ2n) is 5.32. The lowest BCUT2D eigenvalue weighted by molar-refractivity contribution is -0.155. The van der Waals surface area contributed by atoms with Gasteiger partial charge in [-0.3, -0.25) is 4.79 Å². The van der Waals surface area contributed by atoms with Gasteiger partial charge in [0.2, 0.25) is 0 Å². The standard InChI is InChI=1S/C12H19NO2/c14-12(11-9-5-10(11)13-6-9)15-7-8-3-1-2-4-8/h8-11,13H,1-7H2. The van der Waals surface area contributed by atoms with Crippen LogP contribution in [-0.2, 0) is 9.53 Å². The van der Waals surface area contributed by atoms with E-state index >= 15 is 0 Å². The van der Waals surface area contributed by atoms with Crippen LogP contribution in [0.4, 0.5) is 0 Å². The van der Waals surface area contributed by atoms with Crippen molar-refractivity contribution in [2.45, 2.75) is 38.1 Å². The van der Waals surface area contributed by atoms with Crippen LogP contribution in [0.15, 0.2) is 0 Å². The number of carbonyl (C=O) groups excluding carboxylic acids is 1. The topological polar surface area (TPSA) is 38.3 Å². The van der Waals surface area contributed by atoms with Gasteiger partial charge in [-0.2, -0.15) is 0 Å². The van der Waals surface area contributed by atoms with Crippen molar-refractivity contribution in [1.29, 1.82) is 0 Å². The van der Waals surface area contributed by atoms with E-state index < -0.39 is 0 Å². The molecule has 3 atom stereocenters. The van der Waals surface area contributed by atoms with E-state index in [1.165, 1.54) is 32.1 Å². The SMILES string of the molecule is O=C(OCC1CCCC1)C1C2CNC1C2. The maximum absolute atomic E-state index is 11.8. The predicted octanol–water partition coefficient (Wildman–Crippen LogP) is 1.33. The van der Waals surface area contributed by atoms with Gasteiger partial charge in [0.1, 0.15) is 0 Å². The fraction of sp³-hybridized carbons (Fsp3) is 0.917. The number of hydrogen-bond donors (Lipinski definition) is 1. The van der Waals surface area contributed by atoms with E-state index in [2.05, 4.69) is 5.32 Å². The molecule has 0 aromatic carbocycles. The van der Waals surface area contributed by atoms with Gasteiger partial charge in [-0.15, -0.1) is 0 Å². The Labute approximate surface area is 90.6 Å². The Morgan fingerprint density at radius 3 is 2.73 bits per heavy atom. The van der Waals surface area contributed by atoms with Crippen molar-refractivity contribution in [3.8, 4) is 0 Å². The number of fused-ring (bicyclic) bond motifs is 1. The largest absolute Gasteiger partial charge is 0.465 e. The lowest BCUT2D eigenvalue weighted by atomic mass is 9.74. The zero-order valence-corrected chi connectivity index (χ0v) is 9.08. The fourth-order valence-corrected chi connectivity index (χ4v) is 3.31. The highest BCUT2D eigenvalue weighted by molar-refractivity contribution is 5.75. The minimum absolute atomic E-state index is 0.0631. The molecule has 3 heteroatoms. The summed E-state index contributed by atoms with van der Waals surface area (Å²) in [7, 11) is 0. The van der Waals surface area contributed by atoms with E-state index in [1.54, 1.807) is 0 Å². The summed E-state index contributed by atoms with van der Waals surface area (Å²) in [6.45, 7) is 1.70. The molecule has 2 bridgehead atoms. The van der Waals surface area contributed by atoms with Crippen molar-refractivity contribution in [2.24, 2.45) is 17.8 Å². The van der Waals surface area contributed by atoms with Crippen LogP contribution in [0.2, 0.25) is 0 Å². The minimum atomic E-state index is 0.0631. The summed E-state index contributed by atoms with van der Waals surface area (Å²) in [6, 6.07) is 0.436. The second kappa shape index (κ2) is 3.78. The summed E-state index contributed by atoms with van der Waals surface area (Å²) in [5, 5.41) is 3.35. The molecule has 1 N–H and O–H groups in total. The molecule has 4 fully saturated rings. The van der Waals surface area contributed by atoms with E-state index in [1.807, 2.05) is 0 Å². The lowest BCUT2D eigenvalue weighted by Gasteiger charge is -2.32. The van der Waals surface area contributed by atoms with Crippen LogP contribution in [0.25, 0.3) is 0 Å². The average molecular weight is 209 g/mol. The molecule has 0 aromatic rings. The van der Waals surface area contributed by atoms with Crippen LogP contribution < -0.4 is 5.32 Å². The third kappa shape index (κ3) is 1.67. The number of carbonyl (C=O) groups is 1. The summed E-state index contributed by atoms with van der Waals surface area (Å²) in [5.41, 5.74) is 0. The molecule has 0 amide bonds. The van der Waals surface area contributed by atoms with E-state index in [0.29, 0.717) is 24.5 Å². The maximum atomic E-state index is 11.8. The Morgan fingerprint density at radius 1 is 1.33 bits per heavy atom. The Bertz CT molecular complexity index is 246. The predicted molar refractivity (Wildman–Crippen MR) is 56.3 cm³/mol. The van der Waals surface area contributed by atoms with Crippen LogP contribution in [0.3, 0.4) is 0 Å². The molecule has 4 rings (SSSR count). The number of esters is 1. The van der Waals surface area contributed by atoms with Crippen LogP contribution in [0.5, 0.6) is 0 Å². The normalized spacial score (nSPS) is 39.1. The van der Waals surface area contributed by atoms with Gasteiger partial charge in [0.15, 0.2) is 0 Å². The summed E-state index contributed by atoms with van der Waals surface area (Å²) in [4.78, 5) is 11.8. The highest BCUT2D eigenvalue weighted by atomic mass is 16.5. The van der Waals surface area contributed by atoms with Crippen LogP contribution in [-0.4, -0.2) is 25.2 Å². The van der Waals surface area contributed by atoms with E-state index in [-0.39, 0.29) is 11.9 Å². The third-order valence-corrected chi connectivity index (χ3v) is 4.35. The van der Waals surface area contributed by atoms with Crippen molar-refractivity contribution >= 4 is 5.97 Å². The molecular formula is C12H19NO2. The fourth-order valence-electron chi connectivity index (χ4n) is 3.31. The molecule has 4 aliphatic rings. The van der Waals surface area contributed by atoms with Crippen LogP contribution >= 0.6 is 0 Å².